The van der Waals surface area contributed by atoms with Gasteiger partial charge < -0.3 is 15.5 Å². The second-order valence-corrected chi connectivity index (χ2v) is 8.13. The Bertz CT molecular complexity index is 652. The van der Waals surface area contributed by atoms with Crippen molar-refractivity contribution < 1.29 is 9.59 Å². The molecule has 3 aliphatic heterocycles. The molecular formula is C21H30ClN3O2. The number of piperidine rings is 2. The minimum atomic E-state index is 0. The molecule has 0 radical (unpaired) electrons. The fourth-order valence-electron chi connectivity index (χ4n) is 4.75. The van der Waals surface area contributed by atoms with E-state index in [2.05, 4.69) is 10.6 Å². The van der Waals surface area contributed by atoms with Crippen molar-refractivity contribution in [2.45, 2.75) is 70.0 Å². The standard InChI is InChI=1S/C21H29N3O2.ClH/c25-20(13-16-11-17-6-7-18(12-16)23-17)22-14-15-4-8-19(9-5-15)24-10-2-1-3-21(24)26;/h4-5,8-9,16-18,23H,1-3,6-7,10-14H2,(H,22,25);1H. The number of carbonyl (C=O) groups is 2. The number of fused-ring (bicyclic) bond motifs is 2. The Balaban J connectivity index is 0.00000210. The number of amides is 2. The molecule has 2 N–H and O–H groups in total. The van der Waals surface area contributed by atoms with E-state index in [0.29, 0.717) is 37.4 Å². The lowest BCUT2D eigenvalue weighted by Gasteiger charge is -2.28. The van der Waals surface area contributed by atoms with Gasteiger partial charge >= 0.3 is 0 Å². The zero-order valence-corrected chi connectivity index (χ0v) is 16.6. The van der Waals surface area contributed by atoms with Crippen LogP contribution in [-0.2, 0) is 16.1 Å². The molecule has 3 saturated heterocycles. The first-order valence-corrected chi connectivity index (χ1v) is 10.1. The average Bonchev–Trinajstić information content (AvgIpc) is 2.99. The van der Waals surface area contributed by atoms with E-state index in [-0.39, 0.29) is 24.2 Å². The van der Waals surface area contributed by atoms with E-state index in [1.54, 1.807) is 0 Å². The maximum atomic E-state index is 12.3. The molecule has 0 aromatic heterocycles. The van der Waals surface area contributed by atoms with Crippen LogP contribution >= 0.6 is 12.4 Å². The Morgan fingerprint density at radius 1 is 1.11 bits per heavy atom. The van der Waals surface area contributed by atoms with Gasteiger partial charge in [0.25, 0.3) is 0 Å². The van der Waals surface area contributed by atoms with Gasteiger partial charge in [0.1, 0.15) is 0 Å². The molecule has 0 saturated carbocycles. The van der Waals surface area contributed by atoms with E-state index in [4.69, 9.17) is 0 Å². The van der Waals surface area contributed by atoms with Crippen molar-refractivity contribution in [2.24, 2.45) is 5.92 Å². The predicted molar refractivity (Wildman–Crippen MR) is 109 cm³/mol. The summed E-state index contributed by atoms with van der Waals surface area (Å²) < 4.78 is 0. The van der Waals surface area contributed by atoms with Gasteiger partial charge in [-0.1, -0.05) is 12.1 Å². The largest absolute Gasteiger partial charge is 0.352 e. The predicted octanol–water partition coefficient (Wildman–Crippen LogP) is 3.16. The smallest absolute Gasteiger partial charge is 0.226 e. The average molecular weight is 392 g/mol. The van der Waals surface area contributed by atoms with Crippen molar-refractivity contribution in [1.82, 2.24) is 10.6 Å². The molecule has 3 heterocycles. The molecule has 3 aliphatic rings. The van der Waals surface area contributed by atoms with Crippen LogP contribution in [0.25, 0.3) is 0 Å². The summed E-state index contributed by atoms with van der Waals surface area (Å²) in [6.07, 6.45) is 8.19. The van der Waals surface area contributed by atoms with Crippen molar-refractivity contribution in [1.29, 1.82) is 0 Å². The van der Waals surface area contributed by atoms with Gasteiger partial charge in [0.2, 0.25) is 11.8 Å². The highest BCUT2D eigenvalue weighted by molar-refractivity contribution is 5.93. The van der Waals surface area contributed by atoms with Crippen LogP contribution in [0.3, 0.4) is 0 Å². The highest BCUT2D eigenvalue weighted by Gasteiger charge is 2.34. The third-order valence-corrected chi connectivity index (χ3v) is 6.11. The molecule has 27 heavy (non-hydrogen) atoms. The van der Waals surface area contributed by atoms with Crippen LogP contribution in [0.2, 0.25) is 0 Å². The maximum Gasteiger partial charge on any atom is 0.226 e. The Morgan fingerprint density at radius 3 is 2.48 bits per heavy atom. The van der Waals surface area contributed by atoms with Crippen LogP contribution in [0.5, 0.6) is 0 Å². The summed E-state index contributed by atoms with van der Waals surface area (Å²) in [5.41, 5.74) is 2.05. The fourth-order valence-corrected chi connectivity index (χ4v) is 4.75. The zero-order chi connectivity index (χ0) is 17.9. The first-order valence-electron chi connectivity index (χ1n) is 10.1. The molecular weight excluding hydrogens is 362 g/mol. The number of halogens is 1. The number of nitrogens with one attached hydrogen (secondary N) is 2. The minimum absolute atomic E-state index is 0. The topological polar surface area (TPSA) is 61.4 Å². The number of nitrogens with zero attached hydrogens (tertiary/aromatic N) is 1. The lowest BCUT2D eigenvalue weighted by Crippen LogP contribution is -2.39. The van der Waals surface area contributed by atoms with Gasteiger partial charge in [-0.3, -0.25) is 9.59 Å². The van der Waals surface area contributed by atoms with Crippen LogP contribution in [0.15, 0.2) is 24.3 Å². The summed E-state index contributed by atoms with van der Waals surface area (Å²) >= 11 is 0. The van der Waals surface area contributed by atoms with Gasteiger partial charge in [0.15, 0.2) is 0 Å². The van der Waals surface area contributed by atoms with Crippen LogP contribution < -0.4 is 15.5 Å². The number of carbonyl (C=O) groups excluding carboxylic acids is 2. The molecule has 148 valence electrons. The molecule has 2 bridgehead atoms. The van der Waals surface area contributed by atoms with Crippen molar-refractivity contribution in [3.63, 3.8) is 0 Å². The highest BCUT2D eigenvalue weighted by Crippen LogP contribution is 2.32. The van der Waals surface area contributed by atoms with E-state index in [1.807, 2.05) is 29.2 Å². The molecule has 4 rings (SSSR count). The first kappa shape index (κ1) is 20.2. The molecule has 0 spiro atoms. The summed E-state index contributed by atoms with van der Waals surface area (Å²) in [5.74, 6) is 0.904. The van der Waals surface area contributed by atoms with E-state index in [1.165, 1.54) is 12.8 Å². The SMILES string of the molecule is Cl.O=C(CC1CC2CCC(C1)N2)NCc1ccc(N2CCCCC2=O)cc1. The van der Waals surface area contributed by atoms with E-state index >= 15 is 0 Å². The molecule has 1 aromatic carbocycles. The quantitative estimate of drug-likeness (QED) is 0.810. The molecule has 2 amide bonds. The Hall–Kier alpha value is -1.59. The number of hydrogen-bond donors (Lipinski definition) is 2. The fraction of sp³-hybridized carbons (Fsp3) is 0.619. The summed E-state index contributed by atoms with van der Waals surface area (Å²) in [5, 5.41) is 6.69. The van der Waals surface area contributed by atoms with Crippen LogP contribution in [0.4, 0.5) is 5.69 Å². The van der Waals surface area contributed by atoms with Crippen molar-refractivity contribution in [3.05, 3.63) is 29.8 Å². The Labute approximate surface area is 167 Å². The van der Waals surface area contributed by atoms with Crippen LogP contribution in [0.1, 0.15) is 56.9 Å². The lowest BCUT2D eigenvalue weighted by atomic mass is 9.89. The number of benzene rings is 1. The van der Waals surface area contributed by atoms with Gasteiger partial charge in [0.05, 0.1) is 0 Å². The summed E-state index contributed by atoms with van der Waals surface area (Å²) in [4.78, 5) is 26.2. The van der Waals surface area contributed by atoms with Gasteiger partial charge in [-0.05, 0) is 62.1 Å². The molecule has 3 fully saturated rings. The second-order valence-electron chi connectivity index (χ2n) is 8.13. The van der Waals surface area contributed by atoms with E-state index < -0.39 is 0 Å². The van der Waals surface area contributed by atoms with E-state index in [9.17, 15) is 9.59 Å². The van der Waals surface area contributed by atoms with Crippen molar-refractivity contribution in [3.8, 4) is 0 Å². The zero-order valence-electron chi connectivity index (χ0n) is 15.8. The molecule has 5 nitrogen and oxygen atoms in total. The van der Waals surface area contributed by atoms with Crippen LogP contribution in [0, 0.1) is 5.92 Å². The van der Waals surface area contributed by atoms with E-state index in [0.717, 1.165) is 43.5 Å². The molecule has 6 heteroatoms. The highest BCUT2D eigenvalue weighted by atomic mass is 35.5. The molecule has 0 aliphatic carbocycles. The van der Waals surface area contributed by atoms with Gasteiger partial charge in [-0.2, -0.15) is 0 Å². The molecule has 2 atom stereocenters. The third kappa shape index (κ3) is 5.02. The maximum absolute atomic E-state index is 12.3. The number of hydrogen-bond acceptors (Lipinski definition) is 3. The number of rotatable bonds is 5. The Kier molecular flexibility index (Phi) is 6.77. The lowest BCUT2D eigenvalue weighted by molar-refractivity contribution is -0.122. The molecule has 1 aromatic rings. The van der Waals surface area contributed by atoms with Crippen molar-refractivity contribution in [2.75, 3.05) is 11.4 Å². The summed E-state index contributed by atoms with van der Waals surface area (Å²) in [6.45, 7) is 1.37. The third-order valence-electron chi connectivity index (χ3n) is 6.11. The van der Waals surface area contributed by atoms with Gasteiger partial charge in [-0.25, -0.2) is 0 Å². The van der Waals surface area contributed by atoms with Crippen LogP contribution in [-0.4, -0.2) is 30.4 Å². The Morgan fingerprint density at radius 2 is 1.81 bits per heavy atom. The summed E-state index contributed by atoms with van der Waals surface area (Å²) in [6, 6.07) is 9.29. The normalized spacial score (nSPS) is 27.2. The monoisotopic (exact) mass is 391 g/mol. The first-order chi connectivity index (χ1) is 12.7. The van der Waals surface area contributed by atoms with Crippen molar-refractivity contribution >= 4 is 29.9 Å². The minimum Gasteiger partial charge on any atom is -0.352 e. The van der Waals surface area contributed by atoms with Gasteiger partial charge in [-0.15, -0.1) is 12.4 Å². The second kappa shape index (κ2) is 9.07. The molecule has 2 unspecified atom stereocenters. The number of anilines is 1. The summed E-state index contributed by atoms with van der Waals surface area (Å²) in [7, 11) is 0. The van der Waals surface area contributed by atoms with Gasteiger partial charge in [0, 0.05) is 43.7 Å².